The summed E-state index contributed by atoms with van der Waals surface area (Å²) in [6, 6.07) is 4.32. The first-order chi connectivity index (χ1) is 12.0. The van der Waals surface area contributed by atoms with E-state index in [1.807, 2.05) is 0 Å². The van der Waals surface area contributed by atoms with E-state index < -0.39 is 10.0 Å². The first-order valence-electron chi connectivity index (χ1n) is 9.50. The van der Waals surface area contributed by atoms with Gasteiger partial charge in [-0.2, -0.15) is 0 Å². The minimum atomic E-state index is -3.74. The van der Waals surface area contributed by atoms with E-state index in [1.165, 1.54) is 86.7 Å². The van der Waals surface area contributed by atoms with Crippen molar-refractivity contribution in [3.8, 4) is 0 Å². The number of hydrogen-bond acceptors (Lipinski definition) is 4. The van der Waals surface area contributed by atoms with E-state index in [1.54, 1.807) is 0 Å². The summed E-state index contributed by atoms with van der Waals surface area (Å²) in [5, 5.41) is 5.35. The van der Waals surface area contributed by atoms with Crippen molar-refractivity contribution in [2.45, 2.75) is 80.4 Å². The highest BCUT2D eigenvalue weighted by Crippen LogP contribution is 2.44. The van der Waals surface area contributed by atoms with Crippen LogP contribution >= 0.6 is 11.3 Å². The van der Waals surface area contributed by atoms with Crippen LogP contribution in [0.1, 0.15) is 87.2 Å². The first-order valence-corrected chi connectivity index (χ1v) is 11.9. The molecule has 0 radical (unpaired) electrons. The topological polar surface area (TPSA) is 73.1 Å². The van der Waals surface area contributed by atoms with E-state index in [0.717, 1.165) is 10.2 Å². The van der Waals surface area contributed by atoms with Crippen LogP contribution in [0.15, 0.2) is 16.5 Å². The number of rotatable bonds is 3. The van der Waals surface area contributed by atoms with E-state index in [2.05, 4.69) is 17.1 Å². The van der Waals surface area contributed by atoms with E-state index in [0.29, 0.717) is 11.8 Å². The lowest BCUT2D eigenvalue weighted by Gasteiger charge is -2.29. The molecule has 1 aromatic carbocycles. The van der Waals surface area contributed by atoms with Gasteiger partial charge in [0.1, 0.15) is 0 Å². The predicted molar refractivity (Wildman–Crippen MR) is 103 cm³/mol. The molecule has 4 rings (SSSR count). The molecule has 4 nitrogen and oxygen atoms in total. The van der Waals surface area contributed by atoms with Crippen LogP contribution in [0.5, 0.6) is 0 Å². The zero-order valence-electron chi connectivity index (χ0n) is 14.5. The molecular weight excluding hydrogens is 352 g/mol. The van der Waals surface area contributed by atoms with Crippen LogP contribution in [0.2, 0.25) is 0 Å². The summed E-state index contributed by atoms with van der Waals surface area (Å²) in [5.41, 5.74) is 3.68. The molecule has 25 heavy (non-hydrogen) atoms. The third kappa shape index (κ3) is 3.49. The average Bonchev–Trinajstić information content (AvgIpc) is 3.07. The Morgan fingerprint density at radius 1 is 0.920 bits per heavy atom. The number of hydrogen-bond donors (Lipinski definition) is 1. The first kappa shape index (κ1) is 17.4. The Balaban J connectivity index is 1.88. The molecule has 2 aliphatic rings. The molecule has 0 bridgehead atoms. The van der Waals surface area contributed by atoms with Crippen molar-refractivity contribution in [1.29, 1.82) is 0 Å². The summed E-state index contributed by atoms with van der Waals surface area (Å²) in [7, 11) is -3.74. The molecule has 0 atom stereocenters. The van der Waals surface area contributed by atoms with Crippen LogP contribution < -0.4 is 5.14 Å². The van der Waals surface area contributed by atoms with Gasteiger partial charge in [0, 0.05) is 0 Å². The second-order valence-corrected chi connectivity index (χ2v) is 10.4. The van der Waals surface area contributed by atoms with Crippen LogP contribution in [-0.2, 0) is 10.0 Å². The van der Waals surface area contributed by atoms with Gasteiger partial charge in [0.25, 0.3) is 10.0 Å². The van der Waals surface area contributed by atoms with Gasteiger partial charge in [-0.05, 0) is 54.7 Å². The normalized spacial score (nSPS) is 21.0. The summed E-state index contributed by atoms with van der Waals surface area (Å²) in [4.78, 5) is 4.52. The third-order valence-electron chi connectivity index (χ3n) is 5.92. The van der Waals surface area contributed by atoms with Crippen molar-refractivity contribution in [2.75, 3.05) is 0 Å². The van der Waals surface area contributed by atoms with Crippen molar-refractivity contribution in [2.24, 2.45) is 5.14 Å². The zero-order chi connectivity index (χ0) is 17.4. The number of nitrogens with zero attached hydrogens (tertiary/aromatic N) is 1. The maximum atomic E-state index is 11.8. The Morgan fingerprint density at radius 2 is 1.52 bits per heavy atom. The van der Waals surface area contributed by atoms with E-state index in [4.69, 9.17) is 5.14 Å². The smallest absolute Gasteiger partial charge is 0.224 e. The highest BCUT2D eigenvalue weighted by atomic mass is 32.2. The van der Waals surface area contributed by atoms with Gasteiger partial charge in [-0.15, -0.1) is 11.3 Å². The van der Waals surface area contributed by atoms with Gasteiger partial charge in [0.15, 0.2) is 0 Å². The lowest BCUT2D eigenvalue weighted by atomic mass is 9.75. The summed E-state index contributed by atoms with van der Waals surface area (Å²) in [6.07, 6.45) is 12.7. The highest BCUT2D eigenvalue weighted by molar-refractivity contribution is 7.91. The fourth-order valence-electron chi connectivity index (χ4n) is 4.72. The van der Waals surface area contributed by atoms with Crippen LogP contribution in [0.25, 0.3) is 10.2 Å². The third-order valence-corrected chi connectivity index (χ3v) is 8.26. The lowest BCUT2D eigenvalue weighted by Crippen LogP contribution is -2.13. The minimum absolute atomic E-state index is 0.0559. The Hall–Kier alpha value is -0.980. The summed E-state index contributed by atoms with van der Waals surface area (Å²) in [5.74, 6) is 1.12. The fourth-order valence-corrected chi connectivity index (χ4v) is 6.39. The maximum Gasteiger partial charge on any atom is 0.265 e. The summed E-state index contributed by atoms with van der Waals surface area (Å²) >= 11 is 1.21. The second kappa shape index (κ2) is 6.97. The minimum Gasteiger partial charge on any atom is -0.224 e. The number of sulfonamides is 1. The Kier molecular flexibility index (Phi) is 4.86. The van der Waals surface area contributed by atoms with Crippen molar-refractivity contribution in [3.63, 3.8) is 0 Å². The van der Waals surface area contributed by atoms with Crippen LogP contribution in [-0.4, -0.2) is 13.4 Å². The number of fused-ring (bicyclic) bond motifs is 1. The Morgan fingerprint density at radius 3 is 2.12 bits per heavy atom. The lowest BCUT2D eigenvalue weighted by molar-refractivity contribution is 0.420. The molecule has 136 valence electrons. The molecule has 0 unspecified atom stereocenters. The molecule has 1 heterocycles. The molecule has 2 aromatic rings. The fraction of sp³-hybridized carbons (Fsp3) is 0.632. The largest absolute Gasteiger partial charge is 0.265 e. The van der Waals surface area contributed by atoms with Gasteiger partial charge in [-0.3, -0.25) is 0 Å². The molecule has 2 fully saturated rings. The summed E-state index contributed by atoms with van der Waals surface area (Å²) < 4.78 is 24.6. The van der Waals surface area contributed by atoms with E-state index in [9.17, 15) is 8.42 Å². The number of aromatic nitrogens is 1. The number of primary sulfonamides is 1. The van der Waals surface area contributed by atoms with Crippen molar-refractivity contribution >= 4 is 31.6 Å². The maximum absolute atomic E-state index is 11.8. The average molecular weight is 379 g/mol. The van der Waals surface area contributed by atoms with Crippen LogP contribution in [0.3, 0.4) is 0 Å². The molecule has 2 saturated carbocycles. The molecule has 6 heteroatoms. The standard InChI is InChI=1S/C19H26N2O2S2/c20-25(22,23)19-21-18-16(24-19)12-11-15(13-7-3-1-4-8-13)17(18)14-9-5-2-6-10-14/h11-14H,1-10H2,(H2,20,22,23). The van der Waals surface area contributed by atoms with Gasteiger partial charge in [-0.25, -0.2) is 18.5 Å². The van der Waals surface area contributed by atoms with Crippen molar-refractivity contribution < 1.29 is 8.42 Å². The number of nitrogens with two attached hydrogens (primary N) is 1. The van der Waals surface area contributed by atoms with Gasteiger partial charge < -0.3 is 0 Å². The van der Waals surface area contributed by atoms with Gasteiger partial charge in [-0.1, -0.05) is 44.6 Å². The van der Waals surface area contributed by atoms with Crippen LogP contribution in [0, 0.1) is 0 Å². The van der Waals surface area contributed by atoms with Gasteiger partial charge in [0.2, 0.25) is 4.34 Å². The molecule has 0 spiro atoms. The highest BCUT2D eigenvalue weighted by Gasteiger charge is 2.28. The van der Waals surface area contributed by atoms with Crippen molar-refractivity contribution in [1.82, 2.24) is 4.98 Å². The monoisotopic (exact) mass is 378 g/mol. The van der Waals surface area contributed by atoms with Gasteiger partial charge in [0.05, 0.1) is 10.2 Å². The SMILES string of the molecule is NS(=O)(=O)c1nc2c(C3CCCCC3)c(C3CCCCC3)ccc2s1. The number of thiazole rings is 1. The quantitative estimate of drug-likeness (QED) is 0.813. The Labute approximate surface area is 153 Å². The second-order valence-electron chi connectivity index (χ2n) is 7.61. The molecule has 0 amide bonds. The van der Waals surface area contributed by atoms with E-state index in [-0.39, 0.29) is 4.34 Å². The molecule has 0 aliphatic heterocycles. The molecular formula is C19H26N2O2S2. The molecule has 0 saturated heterocycles. The molecule has 2 N–H and O–H groups in total. The Bertz CT molecular complexity index is 861. The molecule has 2 aliphatic carbocycles. The van der Waals surface area contributed by atoms with Crippen LogP contribution in [0.4, 0.5) is 0 Å². The number of benzene rings is 1. The van der Waals surface area contributed by atoms with Crippen molar-refractivity contribution in [3.05, 3.63) is 23.3 Å². The van der Waals surface area contributed by atoms with E-state index >= 15 is 0 Å². The zero-order valence-corrected chi connectivity index (χ0v) is 16.2. The summed E-state index contributed by atoms with van der Waals surface area (Å²) in [6.45, 7) is 0. The molecule has 1 aromatic heterocycles. The predicted octanol–water partition coefficient (Wildman–Crippen LogP) is 5.04. The van der Waals surface area contributed by atoms with Gasteiger partial charge >= 0.3 is 0 Å².